The van der Waals surface area contributed by atoms with Crippen LogP contribution in [0.3, 0.4) is 0 Å². The van der Waals surface area contributed by atoms with E-state index in [4.69, 9.17) is 4.74 Å². The minimum atomic E-state index is -0.0678. The van der Waals surface area contributed by atoms with E-state index < -0.39 is 0 Å². The number of likely N-dealkylation sites (tertiary alicyclic amines) is 1. The first-order valence-corrected chi connectivity index (χ1v) is 8.18. The molecular weight excluding hydrogens is 294 g/mol. The molecule has 3 rings (SSSR count). The van der Waals surface area contributed by atoms with Crippen LogP contribution in [0.5, 0.6) is 5.75 Å². The minimum Gasteiger partial charge on any atom is -0.493 e. The second-order valence-electron chi connectivity index (χ2n) is 6.16. The van der Waals surface area contributed by atoms with Crippen LogP contribution < -0.4 is 15.4 Å². The standard InChI is InChI=1S/C17H23N3O3/c1-12(21)18-13-5-4-9-20(11-13)17(22)19-15-8-10-23-16-7-3-2-6-14(15)16/h2-3,6-7,13,15H,4-5,8-11H2,1H3,(H,18,21)(H,19,22)/t13-,15+/m0/s1. The summed E-state index contributed by atoms with van der Waals surface area (Å²) in [5, 5.41) is 6.02. The number of amides is 3. The van der Waals surface area contributed by atoms with Gasteiger partial charge in [-0.1, -0.05) is 18.2 Å². The van der Waals surface area contributed by atoms with Gasteiger partial charge in [0.25, 0.3) is 0 Å². The Hall–Kier alpha value is -2.24. The Morgan fingerprint density at radius 1 is 1.22 bits per heavy atom. The van der Waals surface area contributed by atoms with Crippen molar-refractivity contribution in [3.63, 3.8) is 0 Å². The molecule has 1 aromatic carbocycles. The van der Waals surface area contributed by atoms with Crippen molar-refractivity contribution in [1.29, 1.82) is 0 Å². The minimum absolute atomic E-state index is 0.0198. The van der Waals surface area contributed by atoms with Crippen molar-refractivity contribution in [2.24, 2.45) is 0 Å². The molecule has 0 unspecified atom stereocenters. The number of hydrogen-bond donors (Lipinski definition) is 2. The first kappa shape index (κ1) is 15.6. The Bertz CT molecular complexity index is 590. The van der Waals surface area contributed by atoms with Crippen molar-refractivity contribution in [1.82, 2.24) is 15.5 Å². The Kier molecular flexibility index (Phi) is 4.69. The fourth-order valence-corrected chi connectivity index (χ4v) is 3.30. The topological polar surface area (TPSA) is 70.7 Å². The van der Waals surface area contributed by atoms with E-state index in [1.54, 1.807) is 4.90 Å². The van der Waals surface area contributed by atoms with Crippen LogP contribution in [0.15, 0.2) is 24.3 Å². The van der Waals surface area contributed by atoms with Crippen LogP contribution in [-0.2, 0) is 4.79 Å². The molecular formula is C17H23N3O3. The number of rotatable bonds is 2. The highest BCUT2D eigenvalue weighted by Crippen LogP contribution is 2.31. The molecule has 0 spiro atoms. The van der Waals surface area contributed by atoms with E-state index in [2.05, 4.69) is 10.6 Å². The van der Waals surface area contributed by atoms with Crippen molar-refractivity contribution >= 4 is 11.9 Å². The molecule has 2 N–H and O–H groups in total. The third kappa shape index (κ3) is 3.75. The lowest BCUT2D eigenvalue weighted by Gasteiger charge is -2.35. The van der Waals surface area contributed by atoms with Gasteiger partial charge >= 0.3 is 6.03 Å². The van der Waals surface area contributed by atoms with Gasteiger partial charge < -0.3 is 20.3 Å². The molecule has 6 heteroatoms. The predicted octanol–water partition coefficient (Wildman–Crippen LogP) is 1.82. The fraction of sp³-hybridized carbons (Fsp3) is 0.529. The van der Waals surface area contributed by atoms with E-state index >= 15 is 0 Å². The van der Waals surface area contributed by atoms with Gasteiger partial charge in [0.2, 0.25) is 5.91 Å². The summed E-state index contributed by atoms with van der Waals surface area (Å²) in [6.07, 6.45) is 2.60. The SMILES string of the molecule is CC(=O)N[C@H]1CCCN(C(=O)N[C@@H]2CCOc3ccccc32)C1. The average molecular weight is 317 g/mol. The summed E-state index contributed by atoms with van der Waals surface area (Å²) >= 11 is 0. The summed E-state index contributed by atoms with van der Waals surface area (Å²) < 4.78 is 5.63. The number of carbonyl (C=O) groups excluding carboxylic acids is 2. The van der Waals surface area contributed by atoms with Crippen LogP contribution in [0.1, 0.15) is 37.8 Å². The maximum Gasteiger partial charge on any atom is 0.317 e. The van der Waals surface area contributed by atoms with Crippen LogP contribution >= 0.6 is 0 Å². The Balaban J connectivity index is 1.62. The molecule has 6 nitrogen and oxygen atoms in total. The van der Waals surface area contributed by atoms with E-state index in [1.807, 2.05) is 24.3 Å². The highest BCUT2D eigenvalue weighted by atomic mass is 16.5. The number of piperidine rings is 1. The molecule has 1 aromatic rings. The van der Waals surface area contributed by atoms with E-state index in [9.17, 15) is 9.59 Å². The van der Waals surface area contributed by atoms with Crippen LogP contribution in [0.4, 0.5) is 4.79 Å². The Morgan fingerprint density at radius 2 is 2.04 bits per heavy atom. The maximum absolute atomic E-state index is 12.6. The number of fused-ring (bicyclic) bond motifs is 1. The summed E-state index contributed by atoms with van der Waals surface area (Å²) in [6, 6.07) is 7.78. The first-order chi connectivity index (χ1) is 11.1. The lowest BCUT2D eigenvalue weighted by atomic mass is 10.0. The van der Waals surface area contributed by atoms with Crippen molar-refractivity contribution in [2.75, 3.05) is 19.7 Å². The normalized spacial score (nSPS) is 23.4. The zero-order valence-corrected chi connectivity index (χ0v) is 13.4. The van der Waals surface area contributed by atoms with Crippen molar-refractivity contribution in [3.8, 4) is 5.75 Å². The van der Waals surface area contributed by atoms with Gasteiger partial charge in [-0.2, -0.15) is 0 Å². The van der Waals surface area contributed by atoms with E-state index in [-0.39, 0.29) is 24.0 Å². The molecule has 0 saturated carbocycles. The molecule has 0 bridgehead atoms. The molecule has 2 aliphatic rings. The highest BCUT2D eigenvalue weighted by Gasteiger charge is 2.28. The smallest absolute Gasteiger partial charge is 0.317 e. The molecule has 2 atom stereocenters. The van der Waals surface area contributed by atoms with Crippen molar-refractivity contribution < 1.29 is 14.3 Å². The van der Waals surface area contributed by atoms with Gasteiger partial charge in [-0.3, -0.25) is 4.79 Å². The van der Waals surface area contributed by atoms with Crippen molar-refractivity contribution in [2.45, 2.75) is 38.3 Å². The molecule has 2 heterocycles. The van der Waals surface area contributed by atoms with Gasteiger partial charge in [-0.15, -0.1) is 0 Å². The number of urea groups is 1. The number of para-hydroxylation sites is 1. The predicted molar refractivity (Wildman–Crippen MR) is 86.2 cm³/mol. The number of nitrogens with zero attached hydrogens (tertiary/aromatic N) is 1. The summed E-state index contributed by atoms with van der Waals surface area (Å²) in [7, 11) is 0. The largest absolute Gasteiger partial charge is 0.493 e. The second-order valence-corrected chi connectivity index (χ2v) is 6.16. The van der Waals surface area contributed by atoms with Gasteiger partial charge in [0, 0.05) is 38.0 Å². The number of ether oxygens (including phenoxy) is 1. The van der Waals surface area contributed by atoms with Gasteiger partial charge in [0.1, 0.15) is 5.75 Å². The van der Waals surface area contributed by atoms with Crippen LogP contribution in [0, 0.1) is 0 Å². The van der Waals surface area contributed by atoms with E-state index in [0.717, 1.165) is 37.1 Å². The lowest BCUT2D eigenvalue weighted by Crippen LogP contribution is -2.52. The monoisotopic (exact) mass is 317 g/mol. The molecule has 124 valence electrons. The van der Waals surface area contributed by atoms with Gasteiger partial charge in [-0.05, 0) is 18.9 Å². The maximum atomic E-state index is 12.6. The summed E-state index contributed by atoms with van der Waals surface area (Å²) in [5.41, 5.74) is 1.03. The number of nitrogens with one attached hydrogen (secondary N) is 2. The molecule has 0 aliphatic carbocycles. The molecule has 23 heavy (non-hydrogen) atoms. The number of benzene rings is 1. The lowest BCUT2D eigenvalue weighted by molar-refractivity contribution is -0.119. The second kappa shape index (κ2) is 6.89. The van der Waals surface area contributed by atoms with Gasteiger partial charge in [0.05, 0.1) is 12.6 Å². The van der Waals surface area contributed by atoms with Gasteiger partial charge in [0.15, 0.2) is 0 Å². The number of hydrogen-bond acceptors (Lipinski definition) is 3. The third-order valence-electron chi connectivity index (χ3n) is 4.37. The summed E-state index contributed by atoms with van der Waals surface area (Å²) in [6.45, 7) is 3.41. The third-order valence-corrected chi connectivity index (χ3v) is 4.37. The molecule has 2 aliphatic heterocycles. The molecule has 1 fully saturated rings. The summed E-state index contributed by atoms with van der Waals surface area (Å²) in [4.78, 5) is 25.6. The van der Waals surface area contributed by atoms with E-state index in [0.29, 0.717) is 13.2 Å². The van der Waals surface area contributed by atoms with E-state index in [1.165, 1.54) is 6.92 Å². The van der Waals surface area contributed by atoms with Gasteiger partial charge in [-0.25, -0.2) is 4.79 Å². The summed E-state index contributed by atoms with van der Waals surface area (Å²) in [5.74, 6) is 0.800. The highest BCUT2D eigenvalue weighted by molar-refractivity contribution is 5.76. The zero-order valence-electron chi connectivity index (χ0n) is 13.4. The van der Waals surface area contributed by atoms with Crippen molar-refractivity contribution in [3.05, 3.63) is 29.8 Å². The fourth-order valence-electron chi connectivity index (χ4n) is 3.30. The van der Waals surface area contributed by atoms with Crippen LogP contribution in [-0.4, -0.2) is 42.6 Å². The zero-order chi connectivity index (χ0) is 16.2. The molecule has 3 amide bonds. The Morgan fingerprint density at radius 3 is 2.87 bits per heavy atom. The first-order valence-electron chi connectivity index (χ1n) is 8.18. The molecule has 0 aromatic heterocycles. The number of carbonyl (C=O) groups is 2. The molecule has 1 saturated heterocycles. The average Bonchev–Trinajstić information content (AvgIpc) is 2.55. The van der Waals surface area contributed by atoms with Crippen LogP contribution in [0.2, 0.25) is 0 Å². The van der Waals surface area contributed by atoms with Crippen LogP contribution in [0.25, 0.3) is 0 Å². The molecule has 0 radical (unpaired) electrons. The quantitative estimate of drug-likeness (QED) is 0.874. The Labute approximate surface area is 136 Å².